The largest absolute Gasteiger partial charge is 0.497 e. The number of carbonyl (C=O) groups excluding carboxylic acids is 1. The van der Waals surface area contributed by atoms with Gasteiger partial charge in [0.1, 0.15) is 23.2 Å². The molecule has 7 nitrogen and oxygen atoms in total. The maximum absolute atomic E-state index is 13.1. The minimum Gasteiger partial charge on any atom is -0.497 e. The van der Waals surface area contributed by atoms with E-state index >= 15 is 0 Å². The minimum atomic E-state index is -0.390. The summed E-state index contributed by atoms with van der Waals surface area (Å²) in [6, 6.07) is 16.4. The Kier molecular flexibility index (Phi) is 7.14. The van der Waals surface area contributed by atoms with Crippen molar-refractivity contribution >= 4 is 17.5 Å². The fourth-order valence-corrected chi connectivity index (χ4v) is 4.12. The molecule has 8 heteroatoms. The van der Waals surface area contributed by atoms with E-state index in [0.717, 1.165) is 42.6 Å². The zero-order valence-electron chi connectivity index (χ0n) is 18.9. The molecule has 0 radical (unpaired) electrons. The Morgan fingerprint density at radius 2 is 2.06 bits per heavy atom. The Morgan fingerprint density at radius 1 is 1.21 bits per heavy atom. The summed E-state index contributed by atoms with van der Waals surface area (Å²) in [6.45, 7) is 1.70. The second kappa shape index (κ2) is 10.4. The number of amides is 1. The molecule has 1 N–H and O–H groups in total. The van der Waals surface area contributed by atoms with Crippen LogP contribution in [0.4, 0.5) is 16.0 Å². The van der Waals surface area contributed by atoms with Crippen molar-refractivity contribution in [2.75, 3.05) is 32.6 Å². The van der Waals surface area contributed by atoms with Gasteiger partial charge in [-0.3, -0.25) is 9.69 Å². The first-order valence-electron chi connectivity index (χ1n) is 11.0. The summed E-state index contributed by atoms with van der Waals surface area (Å²) in [5.74, 6) is 1.63. The first-order chi connectivity index (χ1) is 16.0. The third-order valence-electron chi connectivity index (χ3n) is 5.66. The molecule has 1 amide bonds. The van der Waals surface area contributed by atoms with Gasteiger partial charge in [0.05, 0.1) is 31.6 Å². The van der Waals surface area contributed by atoms with Crippen LogP contribution in [0.1, 0.15) is 30.1 Å². The predicted molar refractivity (Wildman–Crippen MR) is 125 cm³/mol. The van der Waals surface area contributed by atoms with Gasteiger partial charge in [-0.25, -0.2) is 14.4 Å². The Morgan fingerprint density at radius 3 is 2.85 bits per heavy atom. The number of nitrogens with zero attached hydrogens (tertiary/aromatic N) is 4. The van der Waals surface area contributed by atoms with Crippen molar-refractivity contribution in [3.63, 3.8) is 0 Å². The zero-order chi connectivity index (χ0) is 23.2. The molecule has 4 rings (SSSR count). The van der Waals surface area contributed by atoms with Crippen LogP contribution in [-0.4, -0.2) is 52.9 Å². The van der Waals surface area contributed by atoms with Gasteiger partial charge in [0, 0.05) is 13.1 Å². The van der Waals surface area contributed by atoms with Crippen LogP contribution >= 0.6 is 0 Å². The number of anilines is 2. The lowest BCUT2D eigenvalue weighted by atomic mass is 10.1. The summed E-state index contributed by atoms with van der Waals surface area (Å²) in [5.41, 5.74) is 1.93. The number of benzene rings is 1. The van der Waals surface area contributed by atoms with Gasteiger partial charge in [-0.2, -0.15) is 0 Å². The Labute approximate surface area is 193 Å². The topological polar surface area (TPSA) is 70.6 Å². The van der Waals surface area contributed by atoms with Crippen LogP contribution in [0.5, 0.6) is 5.75 Å². The zero-order valence-corrected chi connectivity index (χ0v) is 18.9. The van der Waals surface area contributed by atoms with Crippen molar-refractivity contribution < 1.29 is 13.9 Å². The number of rotatable bonds is 8. The number of ether oxygens (including phenoxy) is 1. The average Bonchev–Trinajstić information content (AvgIpc) is 3.31. The van der Waals surface area contributed by atoms with Gasteiger partial charge in [0.15, 0.2) is 0 Å². The molecule has 1 aliphatic heterocycles. The van der Waals surface area contributed by atoms with Gasteiger partial charge >= 0.3 is 0 Å². The van der Waals surface area contributed by atoms with Crippen LogP contribution < -0.4 is 10.1 Å². The monoisotopic (exact) mass is 449 g/mol. The average molecular weight is 450 g/mol. The van der Waals surface area contributed by atoms with E-state index < -0.39 is 5.82 Å². The molecular weight excluding hydrogens is 421 g/mol. The van der Waals surface area contributed by atoms with E-state index in [4.69, 9.17) is 9.72 Å². The van der Waals surface area contributed by atoms with Crippen molar-refractivity contribution in [2.24, 2.45) is 0 Å². The van der Waals surface area contributed by atoms with Crippen LogP contribution in [0.2, 0.25) is 0 Å². The maximum atomic E-state index is 13.1. The molecule has 3 aromatic rings. The minimum absolute atomic E-state index is 0.0642. The second-order valence-electron chi connectivity index (χ2n) is 8.20. The third kappa shape index (κ3) is 5.84. The number of likely N-dealkylation sites (tertiary alicyclic amines) is 1. The van der Waals surface area contributed by atoms with Gasteiger partial charge in [0.25, 0.3) is 0 Å². The van der Waals surface area contributed by atoms with Crippen molar-refractivity contribution in [3.8, 4) is 5.75 Å². The molecular formula is C25H28FN5O2. The molecule has 172 valence electrons. The maximum Gasteiger partial charge on any atom is 0.237 e. The molecule has 0 bridgehead atoms. The second-order valence-corrected chi connectivity index (χ2v) is 8.20. The highest BCUT2D eigenvalue weighted by atomic mass is 19.1. The first-order valence-corrected chi connectivity index (χ1v) is 11.0. The standard InChI is InChI=1S/C25H28FN5O2/c1-30(16-18-6-3-7-20(14-18)33-2)17-25(32)31-13-5-9-22(31)21-8-4-10-24(28-21)29-23-12-11-19(26)15-27-23/h3-4,6-8,10-12,14-15,22H,5,9,13,16-17H2,1-2H3,(H,27,28,29)/t22-/m1/s1. The van der Waals surface area contributed by atoms with Crippen molar-refractivity contribution in [1.29, 1.82) is 0 Å². The fourth-order valence-electron chi connectivity index (χ4n) is 4.12. The highest BCUT2D eigenvalue weighted by Crippen LogP contribution is 2.32. The predicted octanol–water partition coefficient (Wildman–Crippen LogP) is 4.16. The molecule has 1 aliphatic rings. The van der Waals surface area contributed by atoms with Crippen molar-refractivity contribution in [1.82, 2.24) is 19.8 Å². The highest BCUT2D eigenvalue weighted by Gasteiger charge is 2.31. The number of hydrogen-bond acceptors (Lipinski definition) is 6. The number of nitrogens with one attached hydrogen (secondary N) is 1. The number of hydrogen-bond donors (Lipinski definition) is 1. The van der Waals surface area contributed by atoms with E-state index in [0.29, 0.717) is 24.7 Å². The van der Waals surface area contributed by atoms with Crippen LogP contribution in [0.3, 0.4) is 0 Å². The fraction of sp³-hybridized carbons (Fsp3) is 0.320. The number of aromatic nitrogens is 2. The van der Waals surface area contributed by atoms with E-state index in [9.17, 15) is 9.18 Å². The van der Waals surface area contributed by atoms with E-state index in [1.165, 1.54) is 6.07 Å². The number of methoxy groups -OCH3 is 1. The van der Waals surface area contributed by atoms with Crippen LogP contribution in [0, 0.1) is 5.82 Å². The molecule has 0 unspecified atom stereocenters. The molecule has 1 fully saturated rings. The quantitative estimate of drug-likeness (QED) is 0.557. The lowest BCUT2D eigenvalue weighted by Crippen LogP contribution is -2.38. The number of pyridine rings is 2. The van der Waals surface area contributed by atoms with Crippen LogP contribution in [-0.2, 0) is 11.3 Å². The van der Waals surface area contributed by atoms with Gasteiger partial charge in [-0.15, -0.1) is 0 Å². The molecule has 0 aliphatic carbocycles. The third-order valence-corrected chi connectivity index (χ3v) is 5.66. The van der Waals surface area contributed by atoms with E-state index in [1.54, 1.807) is 13.2 Å². The lowest BCUT2D eigenvalue weighted by Gasteiger charge is -2.27. The van der Waals surface area contributed by atoms with Crippen molar-refractivity contribution in [2.45, 2.75) is 25.4 Å². The van der Waals surface area contributed by atoms with E-state index in [-0.39, 0.29) is 11.9 Å². The van der Waals surface area contributed by atoms with Crippen LogP contribution in [0.15, 0.2) is 60.8 Å². The number of likely N-dealkylation sites (N-methyl/N-ethyl adjacent to an activating group) is 1. The van der Waals surface area contributed by atoms with Crippen molar-refractivity contribution in [3.05, 3.63) is 77.9 Å². The number of halogens is 1. The van der Waals surface area contributed by atoms with Gasteiger partial charge in [-0.1, -0.05) is 18.2 Å². The molecule has 3 heterocycles. The molecule has 1 aromatic carbocycles. The Hall–Kier alpha value is -3.52. The van der Waals surface area contributed by atoms with E-state index in [2.05, 4.69) is 10.3 Å². The summed E-state index contributed by atoms with van der Waals surface area (Å²) < 4.78 is 18.4. The normalized spacial score (nSPS) is 15.6. The van der Waals surface area contributed by atoms with Gasteiger partial charge in [0.2, 0.25) is 5.91 Å². The summed E-state index contributed by atoms with van der Waals surface area (Å²) in [5, 5.41) is 3.10. The van der Waals surface area contributed by atoms with Gasteiger partial charge < -0.3 is 15.0 Å². The Bertz CT molecular complexity index is 1090. The molecule has 0 saturated carbocycles. The molecule has 33 heavy (non-hydrogen) atoms. The van der Waals surface area contributed by atoms with Crippen LogP contribution in [0.25, 0.3) is 0 Å². The summed E-state index contributed by atoms with van der Waals surface area (Å²) in [4.78, 5) is 25.8. The molecule has 1 saturated heterocycles. The summed E-state index contributed by atoms with van der Waals surface area (Å²) >= 11 is 0. The summed E-state index contributed by atoms with van der Waals surface area (Å²) in [7, 11) is 3.59. The first kappa shape index (κ1) is 22.7. The lowest BCUT2D eigenvalue weighted by molar-refractivity contribution is -0.133. The molecule has 2 aromatic heterocycles. The molecule has 1 atom stereocenters. The number of carbonyl (C=O) groups is 1. The smallest absolute Gasteiger partial charge is 0.237 e. The van der Waals surface area contributed by atoms with E-state index in [1.807, 2.05) is 59.3 Å². The SMILES string of the molecule is COc1cccc(CN(C)CC(=O)N2CCC[C@@H]2c2cccc(Nc3ccc(F)cn3)n2)c1. The summed E-state index contributed by atoms with van der Waals surface area (Å²) in [6.07, 6.45) is 2.97. The van der Waals surface area contributed by atoms with Gasteiger partial charge in [-0.05, 0) is 61.9 Å². The highest BCUT2D eigenvalue weighted by molar-refractivity contribution is 5.79. The Balaban J connectivity index is 1.40. The molecule has 0 spiro atoms.